The van der Waals surface area contributed by atoms with Crippen molar-refractivity contribution in [2.45, 2.75) is 32.3 Å². The normalized spacial score (nSPS) is 15.5. The van der Waals surface area contributed by atoms with Gasteiger partial charge < -0.3 is 9.84 Å². The molecular weight excluding hydrogens is 284 g/mol. The maximum Gasteiger partial charge on any atom is 0.339 e. The predicted octanol–water partition coefficient (Wildman–Crippen LogP) is 2.53. The number of benzene rings is 1. The van der Waals surface area contributed by atoms with Crippen LogP contribution in [0.3, 0.4) is 0 Å². The average Bonchev–Trinajstić information content (AvgIpc) is 2.77. The number of rotatable bonds is 3. The molecule has 0 heterocycles. The van der Waals surface area contributed by atoms with Gasteiger partial charge in [0.15, 0.2) is 6.10 Å². The highest BCUT2D eigenvalue weighted by atomic mass is 79.9. The van der Waals surface area contributed by atoms with Crippen LogP contribution in [0, 0.1) is 0 Å². The third kappa shape index (κ3) is 2.53. The van der Waals surface area contributed by atoms with Gasteiger partial charge >= 0.3 is 5.97 Å². The molecular formula is C13H15BrO3. The Morgan fingerprint density at radius 2 is 2.29 bits per heavy atom. The third-order valence-electron chi connectivity index (χ3n) is 3.01. The third-order valence-corrected chi connectivity index (χ3v) is 3.72. The molecule has 1 aromatic carbocycles. The first kappa shape index (κ1) is 12.6. The molecule has 2 rings (SSSR count). The van der Waals surface area contributed by atoms with Crippen LogP contribution in [0.2, 0.25) is 0 Å². The van der Waals surface area contributed by atoms with E-state index in [0.29, 0.717) is 5.56 Å². The zero-order valence-corrected chi connectivity index (χ0v) is 11.3. The molecule has 0 saturated carbocycles. The second kappa shape index (κ2) is 5.19. The Labute approximate surface area is 109 Å². The number of ether oxygens (including phenoxy) is 1. The Hall–Kier alpha value is -0.870. The van der Waals surface area contributed by atoms with Crippen LogP contribution >= 0.6 is 15.9 Å². The van der Waals surface area contributed by atoms with Gasteiger partial charge in [0.2, 0.25) is 0 Å². The van der Waals surface area contributed by atoms with Crippen molar-refractivity contribution in [2.24, 2.45) is 0 Å². The van der Waals surface area contributed by atoms with Crippen LogP contribution in [0.1, 0.15) is 36.1 Å². The van der Waals surface area contributed by atoms with Crippen molar-refractivity contribution >= 4 is 21.9 Å². The van der Waals surface area contributed by atoms with Crippen LogP contribution in [0.5, 0.6) is 0 Å². The number of aliphatic hydroxyl groups is 1. The van der Waals surface area contributed by atoms with Gasteiger partial charge in [-0.05, 0) is 48.9 Å². The highest BCUT2D eigenvalue weighted by Gasteiger charge is 2.22. The summed E-state index contributed by atoms with van der Waals surface area (Å²) in [5, 5.41) is 9.88. The fraction of sp³-hybridized carbons (Fsp3) is 0.462. The molecule has 0 bridgehead atoms. The minimum absolute atomic E-state index is 0.280. The number of carbonyl (C=O) groups is 1. The van der Waals surface area contributed by atoms with Crippen molar-refractivity contribution in [3.63, 3.8) is 0 Å². The maximum absolute atomic E-state index is 11.5. The van der Waals surface area contributed by atoms with E-state index in [4.69, 9.17) is 4.74 Å². The molecule has 0 fully saturated rings. The Bertz CT molecular complexity index is 443. The second-order valence-corrected chi connectivity index (χ2v) is 5.00. The van der Waals surface area contributed by atoms with Gasteiger partial charge in [0.25, 0.3) is 0 Å². The van der Waals surface area contributed by atoms with E-state index < -0.39 is 12.1 Å². The van der Waals surface area contributed by atoms with Crippen molar-refractivity contribution in [1.29, 1.82) is 0 Å². The molecule has 0 aromatic heterocycles. The number of esters is 1. The second-order valence-electron chi connectivity index (χ2n) is 4.15. The van der Waals surface area contributed by atoms with E-state index >= 15 is 0 Å². The molecule has 4 heteroatoms. The van der Waals surface area contributed by atoms with Gasteiger partial charge in [0.1, 0.15) is 0 Å². The van der Waals surface area contributed by atoms with Crippen LogP contribution in [0.15, 0.2) is 16.6 Å². The van der Waals surface area contributed by atoms with Crippen LogP contribution in [-0.2, 0) is 22.4 Å². The van der Waals surface area contributed by atoms with E-state index in [2.05, 4.69) is 15.9 Å². The van der Waals surface area contributed by atoms with Crippen LogP contribution in [0.25, 0.3) is 0 Å². The van der Waals surface area contributed by atoms with E-state index in [0.717, 1.165) is 23.7 Å². The van der Waals surface area contributed by atoms with Gasteiger partial charge in [-0.2, -0.15) is 0 Å². The van der Waals surface area contributed by atoms with E-state index in [1.165, 1.54) is 11.1 Å². The predicted molar refractivity (Wildman–Crippen MR) is 67.8 cm³/mol. The number of aliphatic hydroxyl groups excluding tert-OH is 1. The summed E-state index contributed by atoms with van der Waals surface area (Å²) in [6.07, 6.45) is 2.02. The molecule has 0 spiro atoms. The summed E-state index contributed by atoms with van der Waals surface area (Å²) >= 11 is 3.49. The van der Waals surface area contributed by atoms with Crippen LogP contribution in [0.4, 0.5) is 0 Å². The molecule has 1 aromatic rings. The minimum atomic E-state index is -1.18. The smallest absolute Gasteiger partial charge is 0.339 e. The summed E-state index contributed by atoms with van der Waals surface area (Å²) < 4.78 is 5.79. The lowest BCUT2D eigenvalue weighted by Crippen LogP contribution is -2.15. The fourth-order valence-electron chi connectivity index (χ4n) is 2.19. The van der Waals surface area contributed by atoms with Crippen molar-refractivity contribution in [1.82, 2.24) is 0 Å². The minimum Gasteiger partial charge on any atom is -0.464 e. The van der Waals surface area contributed by atoms with E-state index in [1.54, 1.807) is 6.92 Å². The Kier molecular flexibility index (Phi) is 3.84. The summed E-state index contributed by atoms with van der Waals surface area (Å²) in [4.78, 5) is 11.5. The summed E-state index contributed by atoms with van der Waals surface area (Å²) in [6, 6.07) is 3.72. The topological polar surface area (TPSA) is 46.5 Å². The summed E-state index contributed by atoms with van der Waals surface area (Å²) in [6.45, 7) is 2.01. The van der Waals surface area contributed by atoms with Crippen molar-refractivity contribution in [2.75, 3.05) is 6.61 Å². The summed E-state index contributed by atoms with van der Waals surface area (Å²) in [7, 11) is 0. The first-order valence-electron chi connectivity index (χ1n) is 5.79. The molecule has 1 N–H and O–H groups in total. The summed E-state index contributed by atoms with van der Waals surface area (Å²) in [5.41, 5.74) is 3.12. The first-order valence-corrected chi connectivity index (χ1v) is 6.58. The SMILES string of the molecule is CCOC(=O)C(O)c1cc(Br)c2c(c1)CCC2. The Balaban J connectivity index is 2.28. The maximum atomic E-state index is 11.5. The quantitative estimate of drug-likeness (QED) is 0.872. The van der Waals surface area contributed by atoms with Gasteiger partial charge in [0, 0.05) is 4.47 Å². The van der Waals surface area contributed by atoms with Crippen molar-refractivity contribution in [3.05, 3.63) is 33.3 Å². The number of aryl methyl sites for hydroxylation is 1. The zero-order valence-electron chi connectivity index (χ0n) is 9.70. The highest BCUT2D eigenvalue weighted by molar-refractivity contribution is 9.10. The van der Waals surface area contributed by atoms with Crippen molar-refractivity contribution < 1.29 is 14.6 Å². The molecule has 1 unspecified atom stereocenters. The zero-order chi connectivity index (χ0) is 12.4. The first-order chi connectivity index (χ1) is 8.13. The number of hydrogen-bond acceptors (Lipinski definition) is 3. The molecule has 0 radical (unpaired) electrons. The van der Waals surface area contributed by atoms with E-state index in [9.17, 15) is 9.90 Å². The summed E-state index contributed by atoms with van der Waals surface area (Å²) in [5.74, 6) is -0.586. The molecule has 3 nitrogen and oxygen atoms in total. The molecule has 0 aliphatic heterocycles. The van der Waals surface area contributed by atoms with Gasteiger partial charge in [0.05, 0.1) is 6.61 Å². The van der Waals surface area contributed by atoms with Gasteiger partial charge in [-0.3, -0.25) is 0 Å². The van der Waals surface area contributed by atoms with E-state index in [1.807, 2.05) is 12.1 Å². The number of carbonyl (C=O) groups excluding carboxylic acids is 1. The Morgan fingerprint density at radius 1 is 1.53 bits per heavy atom. The molecule has 0 amide bonds. The van der Waals surface area contributed by atoms with Crippen LogP contribution in [-0.4, -0.2) is 17.7 Å². The molecule has 1 aliphatic carbocycles. The van der Waals surface area contributed by atoms with Gasteiger partial charge in [-0.15, -0.1) is 0 Å². The molecule has 17 heavy (non-hydrogen) atoms. The number of fused-ring (bicyclic) bond motifs is 1. The molecule has 92 valence electrons. The fourth-order valence-corrected chi connectivity index (χ4v) is 2.91. The monoisotopic (exact) mass is 298 g/mol. The number of hydrogen-bond donors (Lipinski definition) is 1. The van der Waals surface area contributed by atoms with Crippen molar-refractivity contribution in [3.8, 4) is 0 Å². The highest BCUT2D eigenvalue weighted by Crippen LogP contribution is 2.32. The van der Waals surface area contributed by atoms with E-state index in [-0.39, 0.29) is 6.61 Å². The number of halogens is 1. The van der Waals surface area contributed by atoms with Gasteiger partial charge in [-0.25, -0.2) is 4.79 Å². The lowest BCUT2D eigenvalue weighted by Gasteiger charge is -2.12. The lowest BCUT2D eigenvalue weighted by molar-refractivity contribution is -0.153. The molecule has 0 saturated heterocycles. The molecule has 1 aliphatic rings. The van der Waals surface area contributed by atoms with Gasteiger partial charge in [-0.1, -0.05) is 22.0 Å². The van der Waals surface area contributed by atoms with Crippen LogP contribution < -0.4 is 0 Å². The Morgan fingerprint density at radius 3 is 3.00 bits per heavy atom. The molecule has 1 atom stereocenters. The standard InChI is InChI=1S/C13H15BrO3/c1-2-17-13(16)12(15)9-6-8-4-3-5-10(8)11(14)7-9/h6-7,12,15H,2-5H2,1H3. The lowest BCUT2D eigenvalue weighted by atomic mass is 10.0. The largest absolute Gasteiger partial charge is 0.464 e. The average molecular weight is 299 g/mol.